The lowest BCUT2D eigenvalue weighted by atomic mass is 10.1. The maximum Gasteiger partial charge on any atom is 0.0603 e. The molecule has 0 amide bonds. The second-order valence-electron chi connectivity index (χ2n) is 3.79. The minimum Gasteiger partial charge on any atom is -0.390 e. The third-order valence-corrected chi connectivity index (χ3v) is 1.75. The molecule has 0 aromatic carbocycles. The second-order valence-corrected chi connectivity index (χ2v) is 3.79. The molecule has 2 nitrogen and oxygen atoms in total. The van der Waals surface area contributed by atoms with Crippen molar-refractivity contribution in [2.45, 2.75) is 44.8 Å². The van der Waals surface area contributed by atoms with Gasteiger partial charge >= 0.3 is 0 Å². The predicted molar refractivity (Wildman–Crippen MR) is 41.9 cm³/mol. The Kier molecular flexibility index (Phi) is 2.32. The van der Waals surface area contributed by atoms with Crippen LogP contribution in [-0.2, 0) is 0 Å². The van der Waals surface area contributed by atoms with Crippen molar-refractivity contribution in [2.75, 3.05) is 6.54 Å². The van der Waals surface area contributed by atoms with Gasteiger partial charge in [-0.3, -0.25) is 0 Å². The van der Waals surface area contributed by atoms with E-state index in [0.717, 1.165) is 19.0 Å². The van der Waals surface area contributed by atoms with E-state index in [1.807, 2.05) is 13.8 Å². The summed E-state index contributed by atoms with van der Waals surface area (Å²) in [4.78, 5) is 0. The Morgan fingerprint density at radius 1 is 1.50 bits per heavy atom. The SMILES string of the molecule is CC(C)(O)CCNC1CC1. The average Bonchev–Trinajstić information content (AvgIpc) is 2.45. The van der Waals surface area contributed by atoms with Crippen LogP contribution in [-0.4, -0.2) is 23.3 Å². The number of aliphatic hydroxyl groups is 1. The molecule has 0 aromatic rings. The Hall–Kier alpha value is -0.0800. The third kappa shape index (κ3) is 3.85. The molecule has 2 N–H and O–H groups in total. The molecule has 1 saturated carbocycles. The maximum absolute atomic E-state index is 9.31. The van der Waals surface area contributed by atoms with Crippen LogP contribution in [0.1, 0.15) is 33.1 Å². The van der Waals surface area contributed by atoms with E-state index in [1.165, 1.54) is 12.8 Å². The molecule has 10 heavy (non-hydrogen) atoms. The van der Waals surface area contributed by atoms with Crippen molar-refractivity contribution >= 4 is 0 Å². The molecule has 0 bridgehead atoms. The number of hydrogen-bond donors (Lipinski definition) is 2. The number of rotatable bonds is 4. The van der Waals surface area contributed by atoms with Crippen molar-refractivity contribution in [3.05, 3.63) is 0 Å². The Balaban J connectivity index is 1.93. The highest BCUT2D eigenvalue weighted by molar-refractivity contribution is 4.81. The zero-order chi connectivity index (χ0) is 7.61. The first-order chi connectivity index (χ1) is 4.58. The van der Waals surface area contributed by atoms with Gasteiger partial charge in [-0.25, -0.2) is 0 Å². The van der Waals surface area contributed by atoms with E-state index in [4.69, 9.17) is 0 Å². The van der Waals surface area contributed by atoms with E-state index < -0.39 is 5.60 Å². The van der Waals surface area contributed by atoms with Gasteiger partial charge < -0.3 is 10.4 Å². The molecule has 0 unspecified atom stereocenters. The maximum atomic E-state index is 9.31. The van der Waals surface area contributed by atoms with Gasteiger partial charge in [0.15, 0.2) is 0 Å². The van der Waals surface area contributed by atoms with Crippen LogP contribution in [0, 0.1) is 0 Å². The molecular formula is C8H17NO. The summed E-state index contributed by atoms with van der Waals surface area (Å²) in [5, 5.41) is 12.7. The lowest BCUT2D eigenvalue weighted by molar-refractivity contribution is 0.0711. The van der Waals surface area contributed by atoms with Gasteiger partial charge in [0.2, 0.25) is 0 Å². The zero-order valence-corrected chi connectivity index (χ0v) is 6.85. The predicted octanol–water partition coefficient (Wildman–Crippen LogP) is 0.899. The fourth-order valence-corrected chi connectivity index (χ4v) is 0.870. The summed E-state index contributed by atoms with van der Waals surface area (Å²) >= 11 is 0. The standard InChI is InChI=1S/C8H17NO/c1-8(2,10)5-6-9-7-3-4-7/h7,9-10H,3-6H2,1-2H3. The third-order valence-electron chi connectivity index (χ3n) is 1.75. The van der Waals surface area contributed by atoms with Crippen LogP contribution in [0.2, 0.25) is 0 Å². The summed E-state index contributed by atoms with van der Waals surface area (Å²) in [7, 11) is 0. The van der Waals surface area contributed by atoms with Crippen LogP contribution >= 0.6 is 0 Å². The van der Waals surface area contributed by atoms with Crippen molar-refractivity contribution in [1.82, 2.24) is 5.32 Å². The van der Waals surface area contributed by atoms with Crippen molar-refractivity contribution in [1.29, 1.82) is 0 Å². The van der Waals surface area contributed by atoms with Crippen molar-refractivity contribution < 1.29 is 5.11 Å². The minimum absolute atomic E-state index is 0.498. The summed E-state index contributed by atoms with van der Waals surface area (Å²) in [6, 6.07) is 0.766. The normalized spacial score (nSPS) is 19.5. The van der Waals surface area contributed by atoms with E-state index in [-0.39, 0.29) is 0 Å². The quantitative estimate of drug-likeness (QED) is 0.613. The van der Waals surface area contributed by atoms with Crippen molar-refractivity contribution in [3.8, 4) is 0 Å². The fraction of sp³-hybridized carbons (Fsp3) is 1.00. The first-order valence-electron chi connectivity index (χ1n) is 4.04. The van der Waals surface area contributed by atoms with Gasteiger partial charge in [-0.2, -0.15) is 0 Å². The molecule has 0 atom stereocenters. The van der Waals surface area contributed by atoms with Gasteiger partial charge in [-0.05, 0) is 39.7 Å². The summed E-state index contributed by atoms with van der Waals surface area (Å²) in [5.41, 5.74) is -0.498. The first kappa shape index (κ1) is 8.02. The number of nitrogens with one attached hydrogen (secondary N) is 1. The van der Waals surface area contributed by atoms with Gasteiger partial charge in [0.05, 0.1) is 5.60 Å². The van der Waals surface area contributed by atoms with Crippen LogP contribution in [0.15, 0.2) is 0 Å². The molecule has 0 heterocycles. The molecule has 1 aliphatic carbocycles. The molecule has 0 spiro atoms. The molecule has 0 radical (unpaired) electrons. The second kappa shape index (κ2) is 2.89. The Bertz CT molecular complexity index is 102. The van der Waals surface area contributed by atoms with Crippen LogP contribution < -0.4 is 5.32 Å². The van der Waals surface area contributed by atoms with Gasteiger partial charge in [0.1, 0.15) is 0 Å². The van der Waals surface area contributed by atoms with Gasteiger partial charge in [0.25, 0.3) is 0 Å². The largest absolute Gasteiger partial charge is 0.390 e. The fourth-order valence-electron chi connectivity index (χ4n) is 0.870. The molecule has 2 heteroatoms. The van der Waals surface area contributed by atoms with E-state index in [1.54, 1.807) is 0 Å². The average molecular weight is 143 g/mol. The van der Waals surface area contributed by atoms with Gasteiger partial charge in [-0.1, -0.05) is 0 Å². The molecule has 0 saturated heterocycles. The smallest absolute Gasteiger partial charge is 0.0603 e. The molecule has 0 aromatic heterocycles. The monoisotopic (exact) mass is 143 g/mol. The van der Waals surface area contributed by atoms with Crippen LogP contribution in [0.5, 0.6) is 0 Å². The topological polar surface area (TPSA) is 32.3 Å². The highest BCUT2D eigenvalue weighted by atomic mass is 16.3. The molecule has 1 aliphatic rings. The molecule has 60 valence electrons. The van der Waals surface area contributed by atoms with Crippen LogP contribution in [0.4, 0.5) is 0 Å². The summed E-state index contributed by atoms with van der Waals surface area (Å²) in [6.07, 6.45) is 3.50. The summed E-state index contributed by atoms with van der Waals surface area (Å²) in [5.74, 6) is 0. The highest BCUT2D eigenvalue weighted by Gasteiger charge is 2.21. The van der Waals surface area contributed by atoms with Crippen molar-refractivity contribution in [2.24, 2.45) is 0 Å². The lowest BCUT2D eigenvalue weighted by Gasteiger charge is -2.16. The molecular weight excluding hydrogens is 126 g/mol. The van der Waals surface area contributed by atoms with Crippen LogP contribution in [0.3, 0.4) is 0 Å². The lowest BCUT2D eigenvalue weighted by Crippen LogP contribution is -2.27. The summed E-state index contributed by atoms with van der Waals surface area (Å²) < 4.78 is 0. The van der Waals surface area contributed by atoms with Crippen molar-refractivity contribution in [3.63, 3.8) is 0 Å². The van der Waals surface area contributed by atoms with E-state index in [2.05, 4.69) is 5.32 Å². The number of hydrogen-bond acceptors (Lipinski definition) is 2. The molecule has 1 rings (SSSR count). The Labute approximate surface area is 62.6 Å². The van der Waals surface area contributed by atoms with E-state index >= 15 is 0 Å². The Morgan fingerprint density at radius 3 is 2.50 bits per heavy atom. The van der Waals surface area contributed by atoms with Crippen LogP contribution in [0.25, 0.3) is 0 Å². The molecule has 1 fully saturated rings. The summed E-state index contributed by atoms with van der Waals surface area (Å²) in [6.45, 7) is 4.65. The zero-order valence-electron chi connectivity index (χ0n) is 6.85. The molecule has 0 aliphatic heterocycles. The Morgan fingerprint density at radius 2 is 2.10 bits per heavy atom. The van der Waals surface area contributed by atoms with E-state index in [0.29, 0.717) is 0 Å². The van der Waals surface area contributed by atoms with Gasteiger partial charge in [-0.15, -0.1) is 0 Å². The van der Waals surface area contributed by atoms with Gasteiger partial charge in [0, 0.05) is 6.04 Å². The minimum atomic E-state index is -0.498. The highest BCUT2D eigenvalue weighted by Crippen LogP contribution is 2.18. The van der Waals surface area contributed by atoms with E-state index in [9.17, 15) is 5.11 Å². The first-order valence-corrected chi connectivity index (χ1v) is 4.04.